The van der Waals surface area contributed by atoms with Crippen LogP contribution in [0.4, 0.5) is 5.69 Å². The number of methoxy groups -OCH3 is 1. The molecule has 39 heavy (non-hydrogen) atoms. The van der Waals surface area contributed by atoms with Crippen molar-refractivity contribution in [1.29, 1.82) is 0 Å². The summed E-state index contributed by atoms with van der Waals surface area (Å²) in [4.78, 5) is 28.1. The number of ether oxygens (including phenoxy) is 1. The predicted molar refractivity (Wildman–Crippen MR) is 154 cm³/mol. The largest absolute Gasteiger partial charge is 0.497 e. The van der Waals surface area contributed by atoms with Crippen molar-refractivity contribution in [3.05, 3.63) is 88.4 Å². The number of sulfonamides is 1. The number of amides is 2. The number of nitrogens with zero attached hydrogens (tertiary/aromatic N) is 2. The first-order valence-corrected chi connectivity index (χ1v) is 14.4. The highest BCUT2D eigenvalue weighted by Crippen LogP contribution is 2.29. The Labute approximate surface area is 235 Å². The van der Waals surface area contributed by atoms with Crippen LogP contribution in [-0.2, 0) is 26.2 Å². The Bertz CT molecular complexity index is 1410. The van der Waals surface area contributed by atoms with E-state index in [1.54, 1.807) is 82.5 Å². The van der Waals surface area contributed by atoms with Crippen LogP contribution in [-0.4, -0.2) is 51.4 Å². The van der Waals surface area contributed by atoms with Crippen LogP contribution in [0.5, 0.6) is 5.75 Å². The van der Waals surface area contributed by atoms with Gasteiger partial charge in [-0.2, -0.15) is 0 Å². The molecule has 0 aliphatic heterocycles. The lowest BCUT2D eigenvalue weighted by molar-refractivity contribution is -0.139. The Balaban J connectivity index is 2.05. The maximum Gasteiger partial charge on any atom is 0.264 e. The second-order valence-electron chi connectivity index (χ2n) is 9.20. The second kappa shape index (κ2) is 13.0. The normalized spacial score (nSPS) is 11.9. The lowest BCUT2D eigenvalue weighted by Gasteiger charge is -2.32. The monoisotopic (exact) mass is 571 g/mol. The number of hydrogen-bond donors (Lipinski definition) is 1. The summed E-state index contributed by atoms with van der Waals surface area (Å²) in [6, 6.07) is 17.5. The Morgan fingerprint density at radius 1 is 1.00 bits per heavy atom. The van der Waals surface area contributed by atoms with E-state index < -0.39 is 28.5 Å². The van der Waals surface area contributed by atoms with Gasteiger partial charge in [0.25, 0.3) is 10.0 Å². The number of aryl methyl sites for hydroxylation is 2. The molecule has 0 spiro atoms. The number of anilines is 1. The minimum absolute atomic E-state index is 0.0497. The molecular formula is C29H34ClN3O5S. The van der Waals surface area contributed by atoms with E-state index in [1.807, 2.05) is 6.92 Å². The van der Waals surface area contributed by atoms with E-state index in [9.17, 15) is 18.0 Å². The van der Waals surface area contributed by atoms with E-state index in [0.29, 0.717) is 28.6 Å². The van der Waals surface area contributed by atoms with Crippen molar-refractivity contribution in [2.24, 2.45) is 0 Å². The summed E-state index contributed by atoms with van der Waals surface area (Å²) in [6.07, 6.45) is 0. The van der Waals surface area contributed by atoms with Gasteiger partial charge in [0, 0.05) is 18.1 Å². The fourth-order valence-electron chi connectivity index (χ4n) is 4.08. The molecule has 208 valence electrons. The summed E-state index contributed by atoms with van der Waals surface area (Å²) in [7, 11) is -2.59. The van der Waals surface area contributed by atoms with E-state index in [0.717, 1.165) is 15.4 Å². The van der Waals surface area contributed by atoms with Crippen LogP contribution in [0, 0.1) is 13.8 Å². The molecule has 3 aromatic rings. The van der Waals surface area contributed by atoms with Crippen LogP contribution in [0.3, 0.4) is 0 Å². The fourth-order valence-corrected chi connectivity index (χ4v) is 5.79. The molecule has 0 saturated heterocycles. The van der Waals surface area contributed by atoms with Crippen LogP contribution in [0.1, 0.15) is 30.5 Å². The van der Waals surface area contributed by atoms with Crippen molar-refractivity contribution in [1.82, 2.24) is 10.2 Å². The van der Waals surface area contributed by atoms with Crippen LogP contribution >= 0.6 is 11.6 Å². The van der Waals surface area contributed by atoms with Gasteiger partial charge in [-0.05, 0) is 81.3 Å². The third-order valence-electron chi connectivity index (χ3n) is 6.35. The molecule has 3 rings (SSSR count). The highest BCUT2D eigenvalue weighted by Gasteiger charge is 2.33. The summed E-state index contributed by atoms with van der Waals surface area (Å²) in [5, 5.41) is 3.19. The van der Waals surface area contributed by atoms with Gasteiger partial charge in [0.2, 0.25) is 11.8 Å². The van der Waals surface area contributed by atoms with E-state index in [1.165, 1.54) is 17.0 Å². The van der Waals surface area contributed by atoms with Gasteiger partial charge >= 0.3 is 0 Å². The molecule has 0 aliphatic rings. The second-order valence-corrected chi connectivity index (χ2v) is 11.5. The number of rotatable bonds is 11. The Kier molecular flexibility index (Phi) is 9.99. The van der Waals surface area contributed by atoms with Crippen molar-refractivity contribution < 1.29 is 22.7 Å². The molecule has 0 radical (unpaired) electrons. The van der Waals surface area contributed by atoms with Gasteiger partial charge in [0.15, 0.2) is 0 Å². The van der Waals surface area contributed by atoms with Crippen molar-refractivity contribution in [3.63, 3.8) is 0 Å². The molecule has 0 aromatic heterocycles. The molecule has 3 aromatic carbocycles. The number of carbonyl (C=O) groups excluding carboxylic acids is 2. The van der Waals surface area contributed by atoms with E-state index >= 15 is 0 Å². The van der Waals surface area contributed by atoms with Crippen molar-refractivity contribution in [2.45, 2.75) is 45.2 Å². The number of nitrogens with one attached hydrogen (secondary N) is 1. The van der Waals surface area contributed by atoms with Crippen LogP contribution < -0.4 is 14.4 Å². The van der Waals surface area contributed by atoms with E-state index in [-0.39, 0.29) is 17.3 Å². The number of hydrogen-bond acceptors (Lipinski definition) is 5. The fraction of sp³-hybridized carbons (Fsp3) is 0.310. The standard InChI is InChI=1S/C29H34ClN3O5S/c1-6-31-29(35)22(4)32(18-23-9-12-25(38-5)13-10-23)28(34)19-33(27-16-11-24(30)17-21(27)3)39(36,37)26-14-7-20(2)8-15-26/h7-17,22H,6,18-19H2,1-5H3,(H,31,35)/t22-/m1/s1. The topological polar surface area (TPSA) is 96.0 Å². The molecule has 0 unspecified atom stereocenters. The number of halogens is 1. The zero-order valence-corrected chi connectivity index (χ0v) is 24.3. The van der Waals surface area contributed by atoms with Gasteiger partial charge in [-0.25, -0.2) is 8.42 Å². The molecule has 10 heteroatoms. The SMILES string of the molecule is CCNC(=O)[C@@H](C)N(Cc1ccc(OC)cc1)C(=O)CN(c1ccc(Cl)cc1C)S(=O)(=O)c1ccc(C)cc1. The van der Waals surface area contributed by atoms with Crippen molar-refractivity contribution in [3.8, 4) is 5.75 Å². The zero-order valence-electron chi connectivity index (χ0n) is 22.8. The van der Waals surface area contributed by atoms with Crippen molar-refractivity contribution in [2.75, 3.05) is 24.5 Å². The predicted octanol–water partition coefficient (Wildman–Crippen LogP) is 4.71. The van der Waals surface area contributed by atoms with Gasteiger partial charge in [0.05, 0.1) is 17.7 Å². The number of carbonyl (C=O) groups is 2. The smallest absolute Gasteiger partial charge is 0.264 e. The van der Waals surface area contributed by atoms with Crippen LogP contribution in [0.25, 0.3) is 0 Å². The molecule has 2 amide bonds. The average Bonchev–Trinajstić information content (AvgIpc) is 2.91. The number of likely N-dealkylation sites (N-methyl/N-ethyl adjacent to an activating group) is 1. The van der Waals surface area contributed by atoms with Gasteiger partial charge in [-0.1, -0.05) is 41.4 Å². The van der Waals surface area contributed by atoms with Gasteiger partial charge in [-0.15, -0.1) is 0 Å². The van der Waals surface area contributed by atoms with Gasteiger partial charge in [-0.3, -0.25) is 13.9 Å². The molecule has 0 fully saturated rings. The van der Waals surface area contributed by atoms with Crippen LogP contribution in [0.2, 0.25) is 5.02 Å². The molecule has 0 bridgehead atoms. The van der Waals surface area contributed by atoms with Gasteiger partial charge < -0.3 is 15.0 Å². The first-order chi connectivity index (χ1) is 18.5. The summed E-state index contributed by atoms with van der Waals surface area (Å²) in [6.45, 7) is 6.98. The number of benzene rings is 3. The average molecular weight is 572 g/mol. The zero-order chi connectivity index (χ0) is 28.7. The maximum atomic E-state index is 13.9. The summed E-state index contributed by atoms with van der Waals surface area (Å²) >= 11 is 6.15. The Morgan fingerprint density at radius 3 is 2.21 bits per heavy atom. The Morgan fingerprint density at radius 2 is 1.64 bits per heavy atom. The molecule has 0 saturated carbocycles. The van der Waals surface area contributed by atoms with Crippen LogP contribution in [0.15, 0.2) is 71.6 Å². The van der Waals surface area contributed by atoms with E-state index in [4.69, 9.17) is 16.3 Å². The highest BCUT2D eigenvalue weighted by atomic mass is 35.5. The Hall–Kier alpha value is -3.56. The molecule has 0 heterocycles. The minimum atomic E-state index is -4.15. The molecule has 1 N–H and O–H groups in total. The third kappa shape index (κ3) is 7.30. The quantitative estimate of drug-likeness (QED) is 0.359. The maximum absolute atomic E-state index is 13.9. The molecule has 0 aliphatic carbocycles. The third-order valence-corrected chi connectivity index (χ3v) is 8.35. The first kappa shape index (κ1) is 30.0. The lowest BCUT2D eigenvalue weighted by Crippen LogP contribution is -2.51. The first-order valence-electron chi connectivity index (χ1n) is 12.5. The summed E-state index contributed by atoms with van der Waals surface area (Å²) in [5.41, 5.74) is 2.57. The highest BCUT2D eigenvalue weighted by molar-refractivity contribution is 7.92. The lowest BCUT2D eigenvalue weighted by atomic mass is 10.1. The minimum Gasteiger partial charge on any atom is -0.497 e. The summed E-state index contributed by atoms with van der Waals surface area (Å²) in [5.74, 6) is -0.216. The molecular weight excluding hydrogens is 538 g/mol. The summed E-state index contributed by atoms with van der Waals surface area (Å²) < 4.78 is 34.1. The molecule has 8 nitrogen and oxygen atoms in total. The van der Waals surface area contributed by atoms with E-state index in [2.05, 4.69) is 5.32 Å². The van der Waals surface area contributed by atoms with Crippen molar-refractivity contribution >= 4 is 39.1 Å². The molecule has 1 atom stereocenters. The van der Waals surface area contributed by atoms with Gasteiger partial charge in [0.1, 0.15) is 18.3 Å².